The Bertz CT molecular complexity index is 757. The molecule has 2 aromatic rings. The van der Waals surface area contributed by atoms with E-state index in [2.05, 4.69) is 16.9 Å². The van der Waals surface area contributed by atoms with Crippen molar-refractivity contribution in [3.8, 4) is 0 Å². The van der Waals surface area contributed by atoms with Gasteiger partial charge in [0.25, 0.3) is 5.56 Å². The molecule has 0 spiro atoms. The molecule has 7 heteroatoms. The maximum atomic E-state index is 12.3. The molecule has 2 rings (SSSR count). The lowest BCUT2D eigenvalue weighted by atomic mass is 10.0. The standard InChI is InChI=1S/C17H21Cl2N3O2/c1-5-9-22(3)17-20-14(10(2)16(23)21-17)15(24-4)13-11(18)7-6-8-12(13)19/h6-8,15H,5,9H2,1-4H3,(H,20,21,23). The van der Waals surface area contributed by atoms with Gasteiger partial charge in [-0.25, -0.2) is 4.98 Å². The van der Waals surface area contributed by atoms with Crippen LogP contribution in [-0.4, -0.2) is 30.7 Å². The minimum atomic E-state index is -0.623. The third kappa shape index (κ3) is 3.74. The van der Waals surface area contributed by atoms with Crippen molar-refractivity contribution in [1.82, 2.24) is 9.97 Å². The summed E-state index contributed by atoms with van der Waals surface area (Å²) in [7, 11) is 3.42. The summed E-state index contributed by atoms with van der Waals surface area (Å²) in [6.07, 6.45) is 0.315. The Morgan fingerprint density at radius 1 is 1.33 bits per heavy atom. The zero-order valence-corrected chi connectivity index (χ0v) is 15.7. The Morgan fingerprint density at radius 2 is 1.96 bits per heavy atom. The molecule has 1 aromatic heterocycles. The number of nitrogens with one attached hydrogen (secondary N) is 1. The van der Waals surface area contributed by atoms with E-state index in [4.69, 9.17) is 27.9 Å². The first-order valence-corrected chi connectivity index (χ1v) is 8.44. The van der Waals surface area contributed by atoms with Crippen LogP contribution in [0.25, 0.3) is 0 Å². The van der Waals surface area contributed by atoms with Gasteiger partial charge in [0, 0.05) is 41.9 Å². The molecule has 0 fully saturated rings. The number of methoxy groups -OCH3 is 1. The highest BCUT2D eigenvalue weighted by Gasteiger charge is 2.25. The van der Waals surface area contributed by atoms with Gasteiger partial charge in [0.2, 0.25) is 5.95 Å². The lowest BCUT2D eigenvalue weighted by Gasteiger charge is -2.22. The summed E-state index contributed by atoms with van der Waals surface area (Å²) in [5.74, 6) is 0.493. The Kier molecular flexibility index (Phi) is 6.27. The molecule has 1 unspecified atom stereocenters. The Hall–Kier alpha value is -1.56. The molecular formula is C17H21Cl2N3O2. The van der Waals surface area contributed by atoms with E-state index in [-0.39, 0.29) is 5.56 Å². The van der Waals surface area contributed by atoms with E-state index in [9.17, 15) is 4.79 Å². The normalized spacial score (nSPS) is 12.2. The number of hydrogen-bond donors (Lipinski definition) is 1. The highest BCUT2D eigenvalue weighted by Crippen LogP contribution is 2.36. The second kappa shape index (κ2) is 8.01. The first-order valence-electron chi connectivity index (χ1n) is 7.69. The Morgan fingerprint density at radius 3 is 2.50 bits per heavy atom. The fourth-order valence-corrected chi connectivity index (χ4v) is 3.14. The van der Waals surface area contributed by atoms with Crippen molar-refractivity contribution in [3.05, 3.63) is 55.4 Å². The molecule has 0 amide bonds. The van der Waals surface area contributed by atoms with Crippen LogP contribution >= 0.6 is 23.2 Å². The SMILES string of the molecule is CCCN(C)c1nc(C(OC)c2c(Cl)cccc2Cl)c(C)c(=O)[nH]1. The molecule has 1 heterocycles. The Balaban J connectivity index is 2.62. The fraction of sp³-hybridized carbons (Fsp3) is 0.412. The van der Waals surface area contributed by atoms with Gasteiger partial charge in [0.15, 0.2) is 0 Å². The van der Waals surface area contributed by atoms with Gasteiger partial charge in [-0.3, -0.25) is 9.78 Å². The smallest absolute Gasteiger partial charge is 0.255 e. The van der Waals surface area contributed by atoms with Crippen LogP contribution in [0, 0.1) is 6.92 Å². The molecular weight excluding hydrogens is 349 g/mol. The maximum absolute atomic E-state index is 12.3. The molecule has 5 nitrogen and oxygen atoms in total. The number of aromatic amines is 1. The summed E-state index contributed by atoms with van der Waals surface area (Å²) >= 11 is 12.6. The van der Waals surface area contributed by atoms with Crippen LogP contribution < -0.4 is 10.5 Å². The van der Waals surface area contributed by atoms with Gasteiger partial charge in [-0.2, -0.15) is 0 Å². The number of nitrogens with zero attached hydrogens (tertiary/aromatic N) is 2. The molecule has 0 aliphatic carbocycles. The van der Waals surface area contributed by atoms with E-state index in [1.165, 1.54) is 0 Å². The number of benzene rings is 1. The van der Waals surface area contributed by atoms with Crippen LogP contribution in [0.1, 0.15) is 36.3 Å². The van der Waals surface area contributed by atoms with Gasteiger partial charge in [-0.1, -0.05) is 36.2 Å². The van der Waals surface area contributed by atoms with E-state index in [1.807, 2.05) is 11.9 Å². The average Bonchev–Trinajstić information content (AvgIpc) is 2.54. The van der Waals surface area contributed by atoms with Crippen LogP contribution in [0.4, 0.5) is 5.95 Å². The molecule has 0 bridgehead atoms. The molecule has 0 saturated heterocycles. The molecule has 0 radical (unpaired) electrons. The van der Waals surface area contributed by atoms with Gasteiger partial charge in [-0.15, -0.1) is 0 Å². The minimum absolute atomic E-state index is 0.205. The Labute approximate surface area is 151 Å². The molecule has 1 N–H and O–H groups in total. The number of halogens is 2. The van der Waals surface area contributed by atoms with E-state index in [1.54, 1.807) is 32.2 Å². The highest BCUT2D eigenvalue weighted by atomic mass is 35.5. The summed E-state index contributed by atoms with van der Waals surface area (Å²) in [6.45, 7) is 4.54. The van der Waals surface area contributed by atoms with E-state index < -0.39 is 6.10 Å². The average molecular weight is 370 g/mol. The van der Waals surface area contributed by atoms with Crippen LogP contribution in [0.5, 0.6) is 0 Å². The highest BCUT2D eigenvalue weighted by molar-refractivity contribution is 6.36. The number of H-pyrrole nitrogens is 1. The summed E-state index contributed by atoms with van der Waals surface area (Å²) in [4.78, 5) is 21.6. The van der Waals surface area contributed by atoms with E-state index >= 15 is 0 Å². The predicted octanol–water partition coefficient (Wildman–Crippen LogP) is 3.97. The minimum Gasteiger partial charge on any atom is -0.370 e. The van der Waals surface area contributed by atoms with Crippen molar-refractivity contribution >= 4 is 29.2 Å². The second-order valence-electron chi connectivity index (χ2n) is 5.57. The zero-order valence-electron chi connectivity index (χ0n) is 14.2. The second-order valence-corrected chi connectivity index (χ2v) is 6.39. The first-order chi connectivity index (χ1) is 11.4. The molecule has 0 aliphatic heterocycles. The van der Waals surface area contributed by atoms with Gasteiger partial charge < -0.3 is 9.64 Å². The van der Waals surface area contributed by atoms with Crippen molar-refractivity contribution in [3.63, 3.8) is 0 Å². The summed E-state index contributed by atoms with van der Waals surface area (Å²) in [5, 5.41) is 0.943. The van der Waals surface area contributed by atoms with Crippen LogP contribution in [0.3, 0.4) is 0 Å². The van der Waals surface area contributed by atoms with E-state index in [0.29, 0.717) is 32.8 Å². The number of ether oxygens (including phenoxy) is 1. The summed E-state index contributed by atoms with van der Waals surface area (Å²) in [5.41, 5.74) is 1.39. The van der Waals surface area contributed by atoms with Gasteiger partial charge in [0.05, 0.1) is 5.69 Å². The van der Waals surface area contributed by atoms with Crippen molar-refractivity contribution in [1.29, 1.82) is 0 Å². The largest absolute Gasteiger partial charge is 0.370 e. The predicted molar refractivity (Wildman–Crippen MR) is 98.5 cm³/mol. The lowest BCUT2D eigenvalue weighted by molar-refractivity contribution is 0.132. The molecule has 0 aliphatic rings. The first kappa shape index (κ1) is 18.8. The molecule has 0 saturated carbocycles. The number of aromatic nitrogens is 2. The molecule has 24 heavy (non-hydrogen) atoms. The fourth-order valence-electron chi connectivity index (χ4n) is 2.54. The zero-order chi connectivity index (χ0) is 17.9. The van der Waals surface area contributed by atoms with Gasteiger partial charge in [0.1, 0.15) is 6.10 Å². The monoisotopic (exact) mass is 369 g/mol. The third-order valence-corrected chi connectivity index (χ3v) is 4.50. The van der Waals surface area contributed by atoms with Gasteiger partial charge in [-0.05, 0) is 25.5 Å². The lowest BCUT2D eigenvalue weighted by Crippen LogP contribution is -2.27. The number of hydrogen-bond acceptors (Lipinski definition) is 4. The topological polar surface area (TPSA) is 58.2 Å². The molecule has 1 aromatic carbocycles. The third-order valence-electron chi connectivity index (χ3n) is 3.84. The van der Waals surface area contributed by atoms with Crippen molar-refractivity contribution in [2.75, 3.05) is 25.6 Å². The molecule has 130 valence electrons. The van der Waals surface area contributed by atoms with Crippen LogP contribution in [0.2, 0.25) is 10.0 Å². The molecule has 1 atom stereocenters. The summed E-state index contributed by atoms with van der Waals surface area (Å²) in [6, 6.07) is 5.24. The quantitative estimate of drug-likeness (QED) is 0.836. The van der Waals surface area contributed by atoms with E-state index in [0.717, 1.165) is 13.0 Å². The summed E-state index contributed by atoms with van der Waals surface area (Å²) < 4.78 is 5.61. The number of anilines is 1. The number of rotatable bonds is 6. The van der Waals surface area contributed by atoms with Crippen molar-refractivity contribution in [2.45, 2.75) is 26.4 Å². The van der Waals surface area contributed by atoms with Gasteiger partial charge >= 0.3 is 0 Å². The van der Waals surface area contributed by atoms with Crippen molar-refractivity contribution < 1.29 is 4.74 Å². The van der Waals surface area contributed by atoms with Crippen LogP contribution in [-0.2, 0) is 4.74 Å². The maximum Gasteiger partial charge on any atom is 0.255 e. The van der Waals surface area contributed by atoms with Crippen molar-refractivity contribution in [2.24, 2.45) is 0 Å². The van der Waals surface area contributed by atoms with Crippen LogP contribution in [0.15, 0.2) is 23.0 Å².